The molecule has 0 radical (unpaired) electrons. The molecular weight excluding hydrogens is 324 g/mol. The largest absolute Gasteiger partial charge is 0.341 e. The first-order valence-corrected chi connectivity index (χ1v) is 8.75. The quantitative estimate of drug-likeness (QED) is 0.765. The summed E-state index contributed by atoms with van der Waals surface area (Å²) in [5.74, 6) is 0.0924. The number of piperidine rings is 1. The van der Waals surface area contributed by atoms with Gasteiger partial charge in [-0.3, -0.25) is 9.59 Å². The molecule has 1 amide bonds. The molecule has 1 aliphatic heterocycles. The van der Waals surface area contributed by atoms with Crippen molar-refractivity contribution in [3.8, 4) is 0 Å². The highest BCUT2D eigenvalue weighted by molar-refractivity contribution is 5.98. The number of Topliss-reactive ketones (excluding diaryl/α,β-unsaturated/α-hetero) is 1. The summed E-state index contributed by atoms with van der Waals surface area (Å²) >= 11 is 0. The van der Waals surface area contributed by atoms with Crippen LogP contribution in [0.3, 0.4) is 0 Å². The second-order valence-corrected chi connectivity index (χ2v) is 6.47. The minimum absolute atomic E-state index is 0. The highest BCUT2D eigenvalue weighted by atomic mass is 35.5. The van der Waals surface area contributed by atoms with E-state index < -0.39 is 0 Å². The van der Waals surface area contributed by atoms with Crippen LogP contribution in [0.2, 0.25) is 0 Å². The van der Waals surface area contributed by atoms with E-state index in [0.29, 0.717) is 12.1 Å². The van der Waals surface area contributed by atoms with Crippen LogP contribution in [0.4, 0.5) is 0 Å². The van der Waals surface area contributed by atoms with Crippen LogP contribution < -0.4 is 5.73 Å². The molecule has 1 fully saturated rings. The number of hydrogen-bond donors (Lipinski definition) is 1. The number of ketones is 1. The highest BCUT2D eigenvalue weighted by Crippen LogP contribution is 2.13. The van der Waals surface area contributed by atoms with Gasteiger partial charge in [0, 0.05) is 37.5 Å². The van der Waals surface area contributed by atoms with Crippen LogP contribution >= 0.6 is 12.4 Å². The molecule has 1 aromatic carbocycles. The van der Waals surface area contributed by atoms with Gasteiger partial charge in [0.25, 0.3) is 0 Å². The molecule has 1 unspecified atom stereocenters. The minimum Gasteiger partial charge on any atom is -0.341 e. The van der Waals surface area contributed by atoms with E-state index in [-0.39, 0.29) is 43.0 Å². The summed E-state index contributed by atoms with van der Waals surface area (Å²) < 4.78 is 0. The Labute approximate surface area is 151 Å². The number of aryl methyl sites for hydroxylation is 1. The molecule has 0 spiro atoms. The lowest BCUT2D eigenvalue weighted by Gasteiger charge is -2.30. The molecule has 1 aliphatic rings. The molecular formula is C19H29ClN2O2. The normalized spacial score (nSPS) is 17.2. The van der Waals surface area contributed by atoms with Crippen molar-refractivity contribution in [3.63, 3.8) is 0 Å². The Bertz CT molecular complexity index is 531. The summed E-state index contributed by atoms with van der Waals surface area (Å²) in [6.45, 7) is 3.57. The fourth-order valence-electron chi connectivity index (χ4n) is 3.00. The molecule has 2 rings (SSSR count). The van der Waals surface area contributed by atoms with Crippen molar-refractivity contribution in [1.29, 1.82) is 0 Å². The van der Waals surface area contributed by atoms with Gasteiger partial charge in [-0.05, 0) is 31.2 Å². The van der Waals surface area contributed by atoms with Crippen molar-refractivity contribution in [3.05, 3.63) is 35.4 Å². The average molecular weight is 353 g/mol. The molecule has 134 valence electrons. The molecule has 1 heterocycles. The number of rotatable bonds is 7. The predicted molar refractivity (Wildman–Crippen MR) is 99.7 cm³/mol. The number of likely N-dealkylation sites (tertiary alicyclic amines) is 1. The molecule has 4 nitrogen and oxygen atoms in total. The van der Waals surface area contributed by atoms with Crippen molar-refractivity contribution >= 4 is 24.1 Å². The van der Waals surface area contributed by atoms with Gasteiger partial charge in [0.2, 0.25) is 5.91 Å². The highest BCUT2D eigenvalue weighted by Gasteiger charge is 2.21. The summed E-state index contributed by atoms with van der Waals surface area (Å²) in [7, 11) is 0. The monoisotopic (exact) mass is 352 g/mol. The standard InChI is InChI=1S/C19H28N2O2.ClH/c1-2-3-5-15-7-9-16(10-8-15)18(22)11-12-19(23)21-13-4-6-17(20)14-21;/h7-10,17H,2-6,11-14,20H2,1H3;1H. The van der Waals surface area contributed by atoms with Crippen LogP contribution in [0.1, 0.15) is 61.4 Å². The Morgan fingerprint density at radius 3 is 2.54 bits per heavy atom. The zero-order valence-electron chi connectivity index (χ0n) is 14.5. The smallest absolute Gasteiger partial charge is 0.223 e. The number of hydrogen-bond acceptors (Lipinski definition) is 3. The lowest BCUT2D eigenvalue weighted by atomic mass is 10.0. The molecule has 24 heavy (non-hydrogen) atoms. The van der Waals surface area contributed by atoms with E-state index in [1.807, 2.05) is 24.3 Å². The SMILES string of the molecule is CCCCc1ccc(C(=O)CCC(=O)N2CCCC(N)C2)cc1.Cl. The van der Waals surface area contributed by atoms with Crippen LogP contribution in [0.15, 0.2) is 24.3 Å². The maximum atomic E-state index is 12.2. The van der Waals surface area contributed by atoms with E-state index in [2.05, 4.69) is 6.92 Å². The number of unbranched alkanes of at least 4 members (excludes halogenated alkanes) is 1. The number of carbonyl (C=O) groups excluding carboxylic acids is 2. The van der Waals surface area contributed by atoms with Gasteiger partial charge in [0.05, 0.1) is 0 Å². The number of nitrogens with zero attached hydrogens (tertiary/aromatic N) is 1. The van der Waals surface area contributed by atoms with Gasteiger partial charge in [-0.25, -0.2) is 0 Å². The first kappa shape index (κ1) is 20.7. The Kier molecular flexibility index (Phi) is 9.01. The van der Waals surface area contributed by atoms with Crippen molar-refractivity contribution in [2.24, 2.45) is 5.73 Å². The van der Waals surface area contributed by atoms with E-state index in [0.717, 1.165) is 25.8 Å². The first-order chi connectivity index (χ1) is 11.1. The molecule has 1 aromatic rings. The van der Waals surface area contributed by atoms with Crippen LogP contribution in [0, 0.1) is 0 Å². The Morgan fingerprint density at radius 2 is 1.92 bits per heavy atom. The first-order valence-electron chi connectivity index (χ1n) is 8.75. The summed E-state index contributed by atoms with van der Waals surface area (Å²) in [5.41, 5.74) is 7.87. The zero-order valence-corrected chi connectivity index (χ0v) is 15.3. The van der Waals surface area contributed by atoms with E-state index in [9.17, 15) is 9.59 Å². The maximum Gasteiger partial charge on any atom is 0.223 e. The summed E-state index contributed by atoms with van der Waals surface area (Å²) in [4.78, 5) is 26.2. The maximum absolute atomic E-state index is 12.2. The summed E-state index contributed by atoms with van der Waals surface area (Å²) in [6.07, 6.45) is 5.89. The minimum atomic E-state index is 0. The Morgan fingerprint density at radius 1 is 1.21 bits per heavy atom. The van der Waals surface area contributed by atoms with Crippen LogP contribution in [0.25, 0.3) is 0 Å². The van der Waals surface area contributed by atoms with Crippen molar-refractivity contribution in [2.75, 3.05) is 13.1 Å². The van der Waals surface area contributed by atoms with E-state index in [4.69, 9.17) is 5.73 Å². The fourth-order valence-corrected chi connectivity index (χ4v) is 3.00. The van der Waals surface area contributed by atoms with E-state index >= 15 is 0 Å². The second-order valence-electron chi connectivity index (χ2n) is 6.47. The number of nitrogens with two attached hydrogens (primary N) is 1. The summed E-state index contributed by atoms with van der Waals surface area (Å²) in [6, 6.07) is 7.89. The lowest BCUT2D eigenvalue weighted by molar-refractivity contribution is -0.132. The van der Waals surface area contributed by atoms with Crippen LogP contribution in [-0.4, -0.2) is 35.7 Å². The van der Waals surface area contributed by atoms with Gasteiger partial charge in [0.1, 0.15) is 0 Å². The van der Waals surface area contributed by atoms with Gasteiger partial charge in [-0.2, -0.15) is 0 Å². The third-order valence-corrected chi connectivity index (χ3v) is 4.47. The molecule has 1 atom stereocenters. The molecule has 2 N–H and O–H groups in total. The lowest BCUT2D eigenvalue weighted by Crippen LogP contribution is -2.45. The summed E-state index contributed by atoms with van der Waals surface area (Å²) in [5, 5.41) is 0. The molecule has 0 aliphatic carbocycles. The molecule has 5 heteroatoms. The van der Waals surface area contributed by atoms with Gasteiger partial charge in [-0.15, -0.1) is 12.4 Å². The topological polar surface area (TPSA) is 63.4 Å². The number of carbonyl (C=O) groups is 2. The van der Waals surface area contributed by atoms with Crippen molar-refractivity contribution in [1.82, 2.24) is 4.90 Å². The fraction of sp³-hybridized carbons (Fsp3) is 0.579. The van der Waals surface area contributed by atoms with Crippen molar-refractivity contribution in [2.45, 2.75) is 57.9 Å². The molecule has 0 aromatic heterocycles. The van der Waals surface area contributed by atoms with E-state index in [1.54, 1.807) is 4.90 Å². The molecule has 0 saturated carbocycles. The number of halogens is 1. The van der Waals surface area contributed by atoms with Crippen molar-refractivity contribution < 1.29 is 9.59 Å². The average Bonchev–Trinajstić information content (AvgIpc) is 2.58. The second kappa shape index (κ2) is 10.5. The third kappa shape index (κ3) is 6.25. The van der Waals surface area contributed by atoms with Gasteiger partial charge < -0.3 is 10.6 Å². The predicted octanol–water partition coefficient (Wildman–Crippen LogP) is 3.36. The zero-order chi connectivity index (χ0) is 16.7. The van der Waals surface area contributed by atoms with Gasteiger partial charge in [0.15, 0.2) is 5.78 Å². The molecule has 1 saturated heterocycles. The Balaban J connectivity index is 0.00000288. The third-order valence-electron chi connectivity index (χ3n) is 4.47. The molecule has 0 bridgehead atoms. The van der Waals surface area contributed by atoms with Gasteiger partial charge >= 0.3 is 0 Å². The number of benzene rings is 1. The van der Waals surface area contributed by atoms with Crippen LogP contribution in [0.5, 0.6) is 0 Å². The Hall–Kier alpha value is -1.39. The van der Waals surface area contributed by atoms with Crippen LogP contribution in [-0.2, 0) is 11.2 Å². The number of amides is 1. The van der Waals surface area contributed by atoms with Gasteiger partial charge in [-0.1, -0.05) is 37.6 Å². The van der Waals surface area contributed by atoms with E-state index in [1.165, 1.54) is 18.4 Å².